The SMILES string of the molecule is N=C(N)c1ccc(CCC2CCCCC2(CN(CCN)C(=O)O)c2ccc3nc(Cc4ccc5c(c4)OCO5)[nH]c3c2)cc1. The number of ether oxygens (including phenoxy) is 2. The molecule has 1 amide bonds. The number of benzene rings is 3. The second kappa shape index (κ2) is 12.6. The van der Waals surface area contributed by atoms with E-state index in [4.69, 9.17) is 31.3 Å². The molecule has 0 bridgehead atoms. The van der Waals surface area contributed by atoms with Crippen LogP contribution in [-0.4, -0.2) is 58.3 Å². The molecule has 0 spiro atoms. The number of aryl methyl sites for hydroxylation is 1. The molecule has 1 aliphatic carbocycles. The van der Waals surface area contributed by atoms with Crippen LogP contribution in [0.2, 0.25) is 0 Å². The molecule has 1 fully saturated rings. The number of rotatable bonds is 11. The molecule has 2 atom stereocenters. The lowest BCUT2D eigenvalue weighted by atomic mass is 9.60. The lowest BCUT2D eigenvalue weighted by Crippen LogP contribution is -2.50. The molecule has 0 saturated heterocycles. The van der Waals surface area contributed by atoms with Crippen molar-refractivity contribution in [3.05, 3.63) is 88.7 Å². The van der Waals surface area contributed by atoms with Crippen LogP contribution in [0.1, 0.15) is 60.2 Å². The number of amides is 1. The predicted molar refractivity (Wildman–Crippen MR) is 170 cm³/mol. The first-order chi connectivity index (χ1) is 21.3. The Morgan fingerprint density at radius 3 is 2.64 bits per heavy atom. The van der Waals surface area contributed by atoms with Crippen molar-refractivity contribution in [2.24, 2.45) is 17.4 Å². The fraction of sp³-hybridized carbons (Fsp3) is 0.382. The maximum Gasteiger partial charge on any atom is 0.407 e. The minimum absolute atomic E-state index is 0.0600. The molecule has 0 radical (unpaired) electrons. The lowest BCUT2D eigenvalue weighted by Gasteiger charge is -2.47. The third-order valence-electron chi connectivity index (χ3n) is 9.31. The number of hydrogen-bond donors (Lipinski definition) is 5. The highest BCUT2D eigenvalue weighted by atomic mass is 16.7. The van der Waals surface area contributed by atoms with E-state index in [0.29, 0.717) is 25.1 Å². The number of fused-ring (bicyclic) bond motifs is 2. The maximum atomic E-state index is 12.4. The molecule has 2 aliphatic rings. The largest absolute Gasteiger partial charge is 0.465 e. The van der Waals surface area contributed by atoms with E-state index in [0.717, 1.165) is 78.0 Å². The summed E-state index contributed by atoms with van der Waals surface area (Å²) in [6.45, 7) is 1.21. The van der Waals surface area contributed by atoms with Crippen LogP contribution >= 0.6 is 0 Å². The Morgan fingerprint density at radius 2 is 1.86 bits per heavy atom. The molecule has 2 unspecified atom stereocenters. The molecule has 1 aliphatic heterocycles. The number of nitrogens with one attached hydrogen (secondary N) is 2. The number of nitrogen functional groups attached to an aromatic ring is 1. The molecule has 2 heterocycles. The first-order valence-corrected chi connectivity index (χ1v) is 15.3. The Morgan fingerprint density at radius 1 is 1.07 bits per heavy atom. The molecular formula is C34H40N6O4. The Labute approximate surface area is 256 Å². The van der Waals surface area contributed by atoms with Gasteiger partial charge in [0.05, 0.1) is 11.0 Å². The second-order valence-corrected chi connectivity index (χ2v) is 12.0. The minimum Gasteiger partial charge on any atom is -0.465 e. The van der Waals surface area contributed by atoms with E-state index in [1.165, 1.54) is 10.5 Å². The quantitative estimate of drug-likeness (QED) is 0.118. The van der Waals surface area contributed by atoms with Crippen molar-refractivity contribution < 1.29 is 19.4 Å². The van der Waals surface area contributed by atoms with Gasteiger partial charge in [-0.05, 0) is 72.6 Å². The van der Waals surface area contributed by atoms with Gasteiger partial charge < -0.3 is 35.9 Å². The standard InChI is InChI=1S/C34H40N6O4/c35-15-16-40(33(41)42)20-34(14-2-1-3-25(34)10-6-22-4-8-24(9-5-22)32(36)37)26-11-12-27-28(19-26)39-31(38-27)18-23-7-13-29-30(17-23)44-21-43-29/h4-5,7-9,11-13,17,19,25H,1-3,6,10,14-16,18,20-21,35H2,(H3,36,37)(H,38,39)(H,41,42). The summed E-state index contributed by atoms with van der Waals surface area (Å²) in [5, 5.41) is 17.8. The first-order valence-electron chi connectivity index (χ1n) is 15.3. The van der Waals surface area contributed by atoms with Crippen LogP contribution in [0.15, 0.2) is 60.7 Å². The number of H-pyrrole nitrogens is 1. The number of carboxylic acid groups (broad SMARTS) is 1. The van der Waals surface area contributed by atoms with Crippen molar-refractivity contribution in [2.75, 3.05) is 26.4 Å². The smallest absolute Gasteiger partial charge is 0.407 e. The number of nitrogens with two attached hydrogens (primary N) is 2. The van der Waals surface area contributed by atoms with E-state index < -0.39 is 6.09 Å². The third-order valence-corrected chi connectivity index (χ3v) is 9.31. The zero-order valence-corrected chi connectivity index (χ0v) is 24.9. The van der Waals surface area contributed by atoms with E-state index in [1.807, 2.05) is 42.5 Å². The summed E-state index contributed by atoms with van der Waals surface area (Å²) >= 11 is 0. The van der Waals surface area contributed by atoms with E-state index in [-0.39, 0.29) is 30.5 Å². The molecule has 10 nitrogen and oxygen atoms in total. The van der Waals surface area contributed by atoms with E-state index in [2.05, 4.69) is 23.2 Å². The van der Waals surface area contributed by atoms with Crippen LogP contribution in [0.5, 0.6) is 11.5 Å². The zero-order chi connectivity index (χ0) is 30.7. The summed E-state index contributed by atoms with van der Waals surface area (Å²) in [5.74, 6) is 2.70. The average Bonchev–Trinajstić information content (AvgIpc) is 3.66. The fourth-order valence-electron chi connectivity index (χ4n) is 7.04. The molecule has 1 aromatic heterocycles. The fourth-order valence-corrected chi connectivity index (χ4v) is 7.04. The van der Waals surface area contributed by atoms with Gasteiger partial charge in [-0.15, -0.1) is 0 Å². The summed E-state index contributed by atoms with van der Waals surface area (Å²) in [6.07, 6.45) is 5.55. The van der Waals surface area contributed by atoms with Crippen LogP contribution in [0.25, 0.3) is 11.0 Å². The van der Waals surface area contributed by atoms with Crippen LogP contribution < -0.4 is 20.9 Å². The highest BCUT2D eigenvalue weighted by Crippen LogP contribution is 2.47. The zero-order valence-electron chi connectivity index (χ0n) is 24.9. The van der Waals surface area contributed by atoms with Gasteiger partial charge >= 0.3 is 6.09 Å². The second-order valence-electron chi connectivity index (χ2n) is 12.0. The molecule has 6 rings (SSSR count). The van der Waals surface area contributed by atoms with Gasteiger partial charge in [0.25, 0.3) is 0 Å². The average molecular weight is 597 g/mol. The molecule has 4 aromatic rings. The highest BCUT2D eigenvalue weighted by Gasteiger charge is 2.44. The van der Waals surface area contributed by atoms with Gasteiger partial charge in [0, 0.05) is 37.0 Å². The van der Waals surface area contributed by atoms with Gasteiger partial charge in [-0.1, -0.05) is 49.2 Å². The normalized spacial score (nSPS) is 19.2. The molecule has 1 saturated carbocycles. The minimum atomic E-state index is -0.937. The Bertz CT molecular complexity index is 1650. The lowest BCUT2D eigenvalue weighted by molar-refractivity contribution is 0.0943. The Balaban J connectivity index is 1.31. The number of aromatic nitrogens is 2. The van der Waals surface area contributed by atoms with E-state index >= 15 is 0 Å². The van der Waals surface area contributed by atoms with Crippen molar-refractivity contribution in [1.29, 1.82) is 5.41 Å². The molecule has 230 valence electrons. The summed E-state index contributed by atoms with van der Waals surface area (Å²) in [6, 6.07) is 20.2. The van der Waals surface area contributed by atoms with Gasteiger partial charge in [0.15, 0.2) is 11.5 Å². The van der Waals surface area contributed by atoms with Gasteiger partial charge in [-0.2, -0.15) is 0 Å². The number of amidine groups is 1. The molecule has 10 heteroatoms. The maximum absolute atomic E-state index is 12.4. The van der Waals surface area contributed by atoms with Crippen LogP contribution in [0.4, 0.5) is 4.79 Å². The topological polar surface area (TPSA) is 164 Å². The van der Waals surface area contributed by atoms with Gasteiger partial charge in [0.1, 0.15) is 11.7 Å². The predicted octanol–water partition coefficient (Wildman–Crippen LogP) is 5.17. The van der Waals surface area contributed by atoms with Crippen LogP contribution in [0.3, 0.4) is 0 Å². The molecule has 3 aromatic carbocycles. The summed E-state index contributed by atoms with van der Waals surface area (Å²) in [5.41, 5.74) is 17.1. The van der Waals surface area contributed by atoms with E-state index in [9.17, 15) is 9.90 Å². The van der Waals surface area contributed by atoms with Gasteiger partial charge in [0.2, 0.25) is 6.79 Å². The van der Waals surface area contributed by atoms with E-state index in [1.54, 1.807) is 0 Å². The first kappa shape index (κ1) is 29.5. The van der Waals surface area contributed by atoms with Crippen LogP contribution in [0, 0.1) is 11.3 Å². The number of hydrogen-bond acceptors (Lipinski definition) is 6. The monoisotopic (exact) mass is 596 g/mol. The number of imidazole rings is 1. The number of nitrogens with zero attached hydrogens (tertiary/aromatic N) is 2. The van der Waals surface area contributed by atoms with Crippen molar-refractivity contribution in [2.45, 2.75) is 50.4 Å². The van der Waals surface area contributed by atoms with Crippen molar-refractivity contribution in [3.8, 4) is 11.5 Å². The third kappa shape index (κ3) is 6.07. The summed E-state index contributed by atoms with van der Waals surface area (Å²) in [7, 11) is 0. The van der Waals surface area contributed by atoms with Gasteiger partial charge in [-0.25, -0.2) is 9.78 Å². The van der Waals surface area contributed by atoms with Crippen molar-refractivity contribution in [3.63, 3.8) is 0 Å². The van der Waals surface area contributed by atoms with Crippen molar-refractivity contribution >= 4 is 23.0 Å². The Hall–Kier alpha value is -4.57. The summed E-state index contributed by atoms with van der Waals surface area (Å²) < 4.78 is 11.0. The Kier molecular flexibility index (Phi) is 8.43. The van der Waals surface area contributed by atoms with Crippen molar-refractivity contribution in [1.82, 2.24) is 14.9 Å². The number of aromatic amines is 1. The van der Waals surface area contributed by atoms with Gasteiger partial charge in [-0.3, -0.25) is 5.41 Å². The van der Waals surface area contributed by atoms with Crippen LogP contribution in [-0.2, 0) is 18.3 Å². The summed E-state index contributed by atoms with van der Waals surface area (Å²) in [4.78, 5) is 22.3. The molecule has 44 heavy (non-hydrogen) atoms. The highest BCUT2D eigenvalue weighted by molar-refractivity contribution is 5.94. The number of carbonyl (C=O) groups is 1. The molecular weight excluding hydrogens is 556 g/mol. The molecule has 7 N–H and O–H groups in total.